The minimum Gasteiger partial charge on any atom is -0.469 e. The molecule has 42 heavy (non-hydrogen) atoms. The van der Waals surface area contributed by atoms with Crippen molar-refractivity contribution in [2.24, 2.45) is 5.41 Å². The van der Waals surface area contributed by atoms with Crippen molar-refractivity contribution in [1.29, 1.82) is 0 Å². The second-order valence-corrected chi connectivity index (χ2v) is 12.4. The lowest BCUT2D eigenvalue weighted by Crippen LogP contribution is -2.73. The highest BCUT2D eigenvalue weighted by Crippen LogP contribution is 2.48. The van der Waals surface area contributed by atoms with E-state index in [4.69, 9.17) is 9.26 Å². The molecule has 3 aromatic rings. The number of hydrogen-bond acceptors (Lipinski definition) is 5. The van der Waals surface area contributed by atoms with Gasteiger partial charge in [0, 0.05) is 0 Å². The fraction of sp³-hybridized carbons (Fsp3) is 0.412. The van der Waals surface area contributed by atoms with Gasteiger partial charge in [-0.3, -0.25) is 9.36 Å². The molecule has 8 heteroatoms. The average molecular weight is 591 g/mol. The molecule has 224 valence electrons. The van der Waals surface area contributed by atoms with E-state index < -0.39 is 25.7 Å². The summed E-state index contributed by atoms with van der Waals surface area (Å²) in [6.07, 6.45) is 2.00. The first-order valence-corrected chi connectivity index (χ1v) is 16.4. The van der Waals surface area contributed by atoms with Crippen LogP contribution >= 0.6 is 8.03 Å². The lowest BCUT2D eigenvalue weighted by Gasteiger charge is -2.53. The van der Waals surface area contributed by atoms with Crippen molar-refractivity contribution in [3.05, 3.63) is 101 Å². The highest BCUT2D eigenvalue weighted by molar-refractivity contribution is 7.40. The number of β-lactam (4-membered cyclic amide) rings is 1. The van der Waals surface area contributed by atoms with Crippen molar-refractivity contribution < 1.29 is 23.4 Å². The van der Waals surface area contributed by atoms with E-state index in [-0.39, 0.29) is 17.6 Å². The summed E-state index contributed by atoms with van der Waals surface area (Å²) in [5.74, 6) is 0.317. The molecule has 2 unspecified atom stereocenters. The Bertz CT molecular complexity index is 1360. The third-order valence-corrected chi connectivity index (χ3v) is 10.0. The lowest BCUT2D eigenvalue weighted by atomic mass is 9.72. The number of rotatable bonds is 13. The first-order valence-electron chi connectivity index (χ1n) is 15.0. The van der Waals surface area contributed by atoms with E-state index in [1.165, 1.54) is 4.90 Å². The van der Waals surface area contributed by atoms with Crippen LogP contribution in [0, 0.1) is 12.3 Å². The quantitative estimate of drug-likeness (QED) is 0.160. The van der Waals surface area contributed by atoms with Crippen molar-refractivity contribution in [1.82, 2.24) is 10.2 Å². The topological polar surface area (TPSA) is 84.9 Å². The second-order valence-electron chi connectivity index (χ2n) is 10.9. The predicted octanol–water partition coefficient (Wildman–Crippen LogP) is 8.20. The van der Waals surface area contributed by atoms with Gasteiger partial charge >= 0.3 is 6.03 Å². The maximum atomic E-state index is 13.6. The zero-order valence-corrected chi connectivity index (χ0v) is 26.3. The monoisotopic (exact) mass is 590 g/mol. The lowest BCUT2D eigenvalue weighted by molar-refractivity contribution is -0.191. The molecule has 4 rings (SSSR count). The van der Waals surface area contributed by atoms with Crippen LogP contribution in [0.15, 0.2) is 78.9 Å². The van der Waals surface area contributed by atoms with Crippen LogP contribution < -0.4 is 10.1 Å². The Labute approximate surface area is 250 Å². The van der Waals surface area contributed by atoms with Crippen LogP contribution in [-0.2, 0) is 13.9 Å². The number of imide groups is 1. The smallest absolute Gasteiger partial charge is 0.327 e. The number of nitrogens with one attached hydrogen (secondary N) is 1. The van der Waals surface area contributed by atoms with Crippen LogP contribution in [0.3, 0.4) is 0 Å². The van der Waals surface area contributed by atoms with E-state index in [0.717, 1.165) is 35.1 Å². The van der Waals surface area contributed by atoms with Gasteiger partial charge in [-0.05, 0) is 61.9 Å². The standard InChI is InChI=1S/C34H43N2O5P/c1-6-13-29(25-18-16-24(5)17-19-25)35-33(38)36-31(37)34(7-2,8-3)32(36)41-28-22-20-27(21-23-28)30(42(39)40-9-4)26-14-11-10-12-15-26/h10-12,14-23,29-30,32,42H,6-9,13H2,1-5H3,(H,35,38)/t29-,30?,32+/m1/s1. The molecule has 0 spiro atoms. The van der Waals surface area contributed by atoms with Crippen molar-refractivity contribution in [3.63, 3.8) is 0 Å². The maximum Gasteiger partial charge on any atom is 0.327 e. The van der Waals surface area contributed by atoms with Gasteiger partial charge in [0.25, 0.3) is 0 Å². The zero-order chi connectivity index (χ0) is 30.3. The minimum absolute atomic E-state index is 0.211. The molecule has 7 nitrogen and oxygen atoms in total. The maximum absolute atomic E-state index is 13.6. The molecular formula is C34H43N2O5P. The predicted molar refractivity (Wildman–Crippen MR) is 167 cm³/mol. The van der Waals surface area contributed by atoms with Gasteiger partial charge in [0.2, 0.25) is 13.9 Å². The normalized spacial score (nSPS) is 18.1. The summed E-state index contributed by atoms with van der Waals surface area (Å²) in [6.45, 7) is 10.2. The van der Waals surface area contributed by atoms with Crippen molar-refractivity contribution in [2.75, 3.05) is 6.61 Å². The molecule has 1 aliphatic rings. The molecule has 3 amide bonds. The molecule has 0 saturated carbocycles. The highest BCUT2D eigenvalue weighted by Gasteiger charge is 2.63. The number of aryl methyl sites for hydroxylation is 1. The van der Waals surface area contributed by atoms with Gasteiger partial charge in [-0.1, -0.05) is 99.5 Å². The summed E-state index contributed by atoms with van der Waals surface area (Å²) in [5, 5.41) is 3.10. The summed E-state index contributed by atoms with van der Waals surface area (Å²) in [5.41, 5.74) is 2.75. The Hall–Kier alpha value is -3.41. The number of hydrogen-bond donors (Lipinski definition) is 1. The van der Waals surface area contributed by atoms with Gasteiger partial charge in [0.15, 0.2) is 6.23 Å². The number of urea groups is 1. The SMILES string of the molecule is CCC[C@@H](NC(=O)N1C(=O)C(CC)(CC)[C@@H]1Oc1ccc(C(c2ccccc2)[PH](=O)OCC)cc1)c1ccc(C)cc1. The number of amides is 3. The van der Waals surface area contributed by atoms with E-state index >= 15 is 0 Å². The van der Waals surface area contributed by atoms with Crippen LogP contribution in [0.25, 0.3) is 0 Å². The van der Waals surface area contributed by atoms with Crippen LogP contribution in [0.4, 0.5) is 4.79 Å². The molecule has 1 fully saturated rings. The van der Waals surface area contributed by atoms with Crippen LogP contribution in [0.2, 0.25) is 0 Å². The number of ether oxygens (including phenoxy) is 1. The Morgan fingerprint density at radius 2 is 1.50 bits per heavy atom. The Morgan fingerprint density at radius 3 is 2.07 bits per heavy atom. The number of carbonyl (C=O) groups is 2. The fourth-order valence-electron chi connectivity index (χ4n) is 5.73. The van der Waals surface area contributed by atoms with Crippen LogP contribution in [0.5, 0.6) is 5.75 Å². The van der Waals surface area contributed by atoms with E-state index in [1.807, 2.05) is 107 Å². The molecule has 0 aliphatic carbocycles. The molecule has 1 saturated heterocycles. The van der Waals surface area contributed by atoms with Crippen molar-refractivity contribution in [3.8, 4) is 5.75 Å². The summed E-state index contributed by atoms with van der Waals surface area (Å²) < 4.78 is 25.0. The first kappa shape index (κ1) is 31.5. The summed E-state index contributed by atoms with van der Waals surface area (Å²) in [7, 11) is -2.40. The number of benzene rings is 3. The molecule has 1 N–H and O–H groups in total. The number of likely N-dealkylation sites (tertiary alicyclic amines) is 1. The fourth-order valence-corrected chi connectivity index (χ4v) is 7.11. The van der Waals surface area contributed by atoms with Crippen molar-refractivity contribution in [2.45, 2.75) is 78.2 Å². The van der Waals surface area contributed by atoms with Gasteiger partial charge in [0.05, 0.1) is 18.3 Å². The van der Waals surface area contributed by atoms with Gasteiger partial charge in [-0.15, -0.1) is 0 Å². The van der Waals surface area contributed by atoms with E-state index in [0.29, 0.717) is 25.2 Å². The molecule has 1 aliphatic heterocycles. The van der Waals surface area contributed by atoms with Gasteiger partial charge in [-0.2, -0.15) is 0 Å². The molecule has 0 radical (unpaired) electrons. The third-order valence-electron chi connectivity index (χ3n) is 8.30. The first-order chi connectivity index (χ1) is 20.3. The summed E-state index contributed by atoms with van der Waals surface area (Å²) >= 11 is 0. The number of carbonyl (C=O) groups excluding carboxylic acids is 2. The zero-order valence-electron chi connectivity index (χ0n) is 25.3. The summed E-state index contributed by atoms with van der Waals surface area (Å²) in [4.78, 5) is 28.3. The van der Waals surface area contributed by atoms with Crippen LogP contribution in [-0.4, -0.2) is 29.7 Å². The van der Waals surface area contributed by atoms with Crippen molar-refractivity contribution >= 4 is 20.0 Å². The molecular weight excluding hydrogens is 547 g/mol. The molecule has 0 bridgehead atoms. The molecule has 4 atom stereocenters. The molecule has 0 aromatic heterocycles. The van der Waals surface area contributed by atoms with E-state index in [9.17, 15) is 14.2 Å². The largest absolute Gasteiger partial charge is 0.469 e. The number of nitrogens with zero attached hydrogens (tertiary/aromatic N) is 1. The Morgan fingerprint density at radius 1 is 0.905 bits per heavy atom. The summed E-state index contributed by atoms with van der Waals surface area (Å²) in [6, 6.07) is 24.5. The van der Waals surface area contributed by atoms with E-state index in [1.54, 1.807) is 0 Å². The Balaban J connectivity index is 1.57. The second kappa shape index (κ2) is 14.2. The van der Waals surface area contributed by atoms with Gasteiger partial charge in [-0.25, -0.2) is 9.69 Å². The highest BCUT2D eigenvalue weighted by atomic mass is 31.1. The Kier molecular flexibility index (Phi) is 10.6. The van der Waals surface area contributed by atoms with Gasteiger partial charge < -0.3 is 14.6 Å². The average Bonchev–Trinajstić information content (AvgIpc) is 2.99. The van der Waals surface area contributed by atoms with E-state index in [2.05, 4.69) is 12.2 Å². The third kappa shape index (κ3) is 6.48. The van der Waals surface area contributed by atoms with Gasteiger partial charge in [0.1, 0.15) is 11.2 Å². The molecule has 3 aromatic carbocycles. The minimum atomic E-state index is -2.40. The van der Waals surface area contributed by atoms with Crippen LogP contribution in [0.1, 0.15) is 87.3 Å². The molecule has 1 heterocycles.